The number of carbonyl (C=O) groups is 1. The van der Waals surface area contributed by atoms with E-state index in [9.17, 15) is 4.79 Å². The molecule has 0 fully saturated rings. The SMILES string of the molecule is CCC(C)OCCOC(=O)Cn1cc[n+](C)c1.[Br-]. The van der Waals surface area contributed by atoms with E-state index >= 15 is 0 Å². The molecule has 6 heteroatoms. The fourth-order valence-electron chi connectivity index (χ4n) is 1.31. The van der Waals surface area contributed by atoms with Gasteiger partial charge in [0, 0.05) is 0 Å². The van der Waals surface area contributed by atoms with Gasteiger partial charge in [0.2, 0.25) is 6.33 Å². The van der Waals surface area contributed by atoms with Crippen LogP contribution in [-0.4, -0.2) is 29.9 Å². The summed E-state index contributed by atoms with van der Waals surface area (Å²) in [7, 11) is 1.90. The molecule has 0 saturated heterocycles. The van der Waals surface area contributed by atoms with Crippen LogP contribution in [0.25, 0.3) is 0 Å². The second-order valence-electron chi connectivity index (χ2n) is 4.06. The topological polar surface area (TPSA) is 44.3 Å². The van der Waals surface area contributed by atoms with Crippen molar-refractivity contribution in [3.8, 4) is 0 Å². The predicted octanol–water partition coefficient (Wildman–Crippen LogP) is -2.33. The van der Waals surface area contributed by atoms with Crippen LogP contribution in [0.2, 0.25) is 0 Å². The number of nitrogens with zero attached hydrogens (tertiary/aromatic N) is 2. The average Bonchev–Trinajstić information content (AvgIpc) is 2.69. The Kier molecular flexibility index (Phi) is 8.66. The second kappa shape index (κ2) is 9.10. The van der Waals surface area contributed by atoms with Crippen molar-refractivity contribution in [3.63, 3.8) is 0 Å². The molecule has 0 spiro atoms. The standard InChI is InChI=1S/C12H21N2O3.BrH/c1-4-11(2)16-7-8-17-12(15)9-14-6-5-13(3)10-14;/h5-6,10-11H,4,7-9H2,1-3H3;1H/q+1;/p-1. The summed E-state index contributed by atoms with van der Waals surface area (Å²) < 4.78 is 14.1. The van der Waals surface area contributed by atoms with E-state index in [4.69, 9.17) is 9.47 Å². The van der Waals surface area contributed by atoms with Crippen LogP contribution in [0.1, 0.15) is 20.3 Å². The number of carbonyl (C=O) groups excluding carboxylic acids is 1. The van der Waals surface area contributed by atoms with Gasteiger partial charge in [-0.15, -0.1) is 0 Å². The molecule has 0 amide bonds. The highest BCUT2D eigenvalue weighted by atomic mass is 79.9. The minimum absolute atomic E-state index is 0. The first kappa shape index (κ1) is 17.1. The van der Waals surface area contributed by atoms with Crippen molar-refractivity contribution >= 4 is 5.97 Å². The van der Waals surface area contributed by atoms with Crippen molar-refractivity contribution in [1.29, 1.82) is 0 Å². The molecule has 1 atom stereocenters. The molecule has 0 saturated carbocycles. The van der Waals surface area contributed by atoms with E-state index < -0.39 is 0 Å². The monoisotopic (exact) mass is 320 g/mol. The fraction of sp³-hybridized carbons (Fsp3) is 0.667. The summed E-state index contributed by atoms with van der Waals surface area (Å²) in [5, 5.41) is 0. The molecule has 104 valence electrons. The zero-order valence-electron chi connectivity index (χ0n) is 11.1. The molecule has 5 nitrogen and oxygen atoms in total. The summed E-state index contributed by atoms with van der Waals surface area (Å²) in [4.78, 5) is 11.4. The Morgan fingerprint density at radius 3 is 2.72 bits per heavy atom. The highest BCUT2D eigenvalue weighted by molar-refractivity contribution is 5.69. The first-order valence-corrected chi connectivity index (χ1v) is 5.90. The van der Waals surface area contributed by atoms with E-state index in [0.29, 0.717) is 13.2 Å². The van der Waals surface area contributed by atoms with Gasteiger partial charge < -0.3 is 26.5 Å². The third kappa shape index (κ3) is 6.76. The van der Waals surface area contributed by atoms with Crippen molar-refractivity contribution in [2.75, 3.05) is 13.2 Å². The average molecular weight is 321 g/mol. The Morgan fingerprint density at radius 2 is 2.17 bits per heavy atom. The van der Waals surface area contributed by atoms with Crippen LogP contribution >= 0.6 is 0 Å². The molecule has 0 radical (unpaired) electrons. The highest BCUT2D eigenvalue weighted by Gasteiger charge is 2.09. The molecule has 1 rings (SSSR count). The maximum absolute atomic E-state index is 11.4. The van der Waals surface area contributed by atoms with Gasteiger partial charge in [-0.05, 0) is 13.3 Å². The normalized spacial score (nSPS) is 11.7. The first-order chi connectivity index (χ1) is 8.11. The molecule has 0 aliphatic carbocycles. The van der Waals surface area contributed by atoms with Gasteiger partial charge in [-0.25, -0.2) is 13.9 Å². The molecule has 1 aromatic heterocycles. The van der Waals surface area contributed by atoms with E-state index in [1.807, 2.05) is 37.3 Å². The number of ether oxygens (including phenoxy) is 2. The number of rotatable bonds is 7. The Labute approximate surface area is 118 Å². The van der Waals surface area contributed by atoms with Crippen molar-refractivity contribution in [2.45, 2.75) is 32.9 Å². The van der Waals surface area contributed by atoms with E-state index in [1.165, 1.54) is 0 Å². The van der Waals surface area contributed by atoms with Crippen molar-refractivity contribution in [3.05, 3.63) is 18.7 Å². The lowest BCUT2D eigenvalue weighted by atomic mass is 10.3. The summed E-state index contributed by atoms with van der Waals surface area (Å²) in [5.41, 5.74) is 0. The first-order valence-electron chi connectivity index (χ1n) is 5.90. The maximum atomic E-state index is 11.4. The zero-order chi connectivity index (χ0) is 12.7. The third-order valence-electron chi connectivity index (χ3n) is 2.46. The van der Waals surface area contributed by atoms with Crippen LogP contribution in [0.4, 0.5) is 0 Å². The minimum Gasteiger partial charge on any atom is -1.00 e. The Bertz CT molecular complexity index is 355. The van der Waals surface area contributed by atoms with Crippen molar-refractivity contribution < 1.29 is 35.8 Å². The number of aromatic nitrogens is 2. The van der Waals surface area contributed by atoms with Crippen molar-refractivity contribution in [1.82, 2.24) is 4.57 Å². The fourth-order valence-corrected chi connectivity index (χ4v) is 1.31. The summed E-state index contributed by atoms with van der Waals surface area (Å²) in [5.74, 6) is -0.242. The van der Waals surface area contributed by atoms with E-state index in [-0.39, 0.29) is 35.6 Å². The maximum Gasteiger partial charge on any atom is 0.348 e. The number of esters is 1. The summed E-state index contributed by atoms with van der Waals surface area (Å²) in [6, 6.07) is 0. The van der Waals surface area contributed by atoms with Gasteiger partial charge in [-0.3, -0.25) is 0 Å². The molecule has 1 unspecified atom stereocenters. The molecule has 0 aromatic carbocycles. The molecule has 18 heavy (non-hydrogen) atoms. The quantitative estimate of drug-likeness (QED) is 0.322. The number of imidazole rings is 1. The van der Waals surface area contributed by atoms with Crippen LogP contribution in [0.15, 0.2) is 18.7 Å². The Balaban J connectivity index is 0.00000289. The highest BCUT2D eigenvalue weighted by Crippen LogP contribution is 1.95. The van der Waals surface area contributed by atoms with Crippen LogP contribution in [0, 0.1) is 0 Å². The lowest BCUT2D eigenvalue weighted by Crippen LogP contribution is -3.00. The summed E-state index contributed by atoms with van der Waals surface area (Å²) >= 11 is 0. The van der Waals surface area contributed by atoms with Crippen molar-refractivity contribution in [2.24, 2.45) is 7.05 Å². The number of halogens is 1. The molecule has 0 N–H and O–H groups in total. The predicted molar refractivity (Wildman–Crippen MR) is 62.3 cm³/mol. The van der Waals surface area contributed by atoms with Crippen LogP contribution in [-0.2, 0) is 27.9 Å². The van der Waals surface area contributed by atoms with Crippen LogP contribution in [0.5, 0.6) is 0 Å². The van der Waals surface area contributed by atoms with Gasteiger partial charge >= 0.3 is 5.97 Å². The van der Waals surface area contributed by atoms with Gasteiger partial charge in [0.15, 0.2) is 6.54 Å². The molecular formula is C12H21BrN2O3. The van der Waals surface area contributed by atoms with E-state index in [1.54, 1.807) is 4.57 Å². The molecule has 0 aliphatic heterocycles. The number of hydrogen-bond donors (Lipinski definition) is 0. The lowest BCUT2D eigenvalue weighted by Gasteiger charge is -2.10. The van der Waals surface area contributed by atoms with Gasteiger partial charge in [0.05, 0.1) is 19.8 Å². The Hall–Kier alpha value is -0.880. The molecular weight excluding hydrogens is 300 g/mol. The number of hydrogen-bond acceptors (Lipinski definition) is 3. The van der Waals surface area contributed by atoms with Gasteiger partial charge in [0.25, 0.3) is 0 Å². The molecule has 1 heterocycles. The van der Waals surface area contributed by atoms with E-state index in [2.05, 4.69) is 6.92 Å². The Morgan fingerprint density at radius 1 is 1.44 bits per heavy atom. The number of aryl methyl sites for hydroxylation is 1. The summed E-state index contributed by atoms with van der Waals surface area (Å²) in [6.45, 7) is 5.07. The van der Waals surface area contributed by atoms with Gasteiger partial charge in [-0.1, -0.05) is 6.92 Å². The second-order valence-corrected chi connectivity index (χ2v) is 4.06. The molecule has 0 aliphatic rings. The van der Waals surface area contributed by atoms with Crippen LogP contribution in [0.3, 0.4) is 0 Å². The van der Waals surface area contributed by atoms with E-state index in [0.717, 1.165) is 6.42 Å². The largest absolute Gasteiger partial charge is 1.00 e. The van der Waals surface area contributed by atoms with Gasteiger partial charge in [-0.2, -0.15) is 0 Å². The minimum atomic E-state index is -0.242. The lowest BCUT2D eigenvalue weighted by molar-refractivity contribution is -0.671. The summed E-state index contributed by atoms with van der Waals surface area (Å²) in [6.07, 6.45) is 6.72. The molecule has 1 aromatic rings. The third-order valence-corrected chi connectivity index (χ3v) is 2.46. The van der Waals surface area contributed by atoms with Gasteiger partial charge in [0.1, 0.15) is 19.0 Å². The molecule has 0 bridgehead atoms. The zero-order valence-corrected chi connectivity index (χ0v) is 12.7. The smallest absolute Gasteiger partial charge is 0.348 e. The van der Waals surface area contributed by atoms with Crippen LogP contribution < -0.4 is 21.5 Å².